The van der Waals surface area contributed by atoms with Gasteiger partial charge in [-0.05, 0) is 43.3 Å². The van der Waals surface area contributed by atoms with Crippen molar-refractivity contribution in [1.29, 1.82) is 0 Å². The van der Waals surface area contributed by atoms with Gasteiger partial charge < -0.3 is 14.4 Å². The van der Waals surface area contributed by atoms with Crippen molar-refractivity contribution in [1.82, 2.24) is 4.57 Å². The summed E-state index contributed by atoms with van der Waals surface area (Å²) in [4.78, 5) is 27.7. The molecular weight excluding hydrogens is 409 g/mol. The lowest BCUT2D eigenvalue weighted by Gasteiger charge is -2.07. The number of carbonyl (C=O) groups is 2. The third kappa shape index (κ3) is 4.65. The molecule has 3 aromatic rings. The summed E-state index contributed by atoms with van der Waals surface area (Å²) in [5, 5.41) is 9.19. The van der Waals surface area contributed by atoms with Gasteiger partial charge in [-0.1, -0.05) is 17.4 Å². The largest absolute Gasteiger partial charge is 0.494 e. The molecule has 0 unspecified atom stereocenters. The molecule has 0 saturated carbocycles. The van der Waals surface area contributed by atoms with E-state index in [1.54, 1.807) is 18.2 Å². The van der Waals surface area contributed by atoms with E-state index < -0.39 is 30.2 Å². The summed E-state index contributed by atoms with van der Waals surface area (Å²) in [5.74, 6) is -1.47. The van der Waals surface area contributed by atoms with Crippen molar-refractivity contribution in [2.45, 2.75) is 19.6 Å². The number of aromatic nitrogens is 1. The molecule has 0 aliphatic carbocycles. The average molecular weight is 424 g/mol. The first-order valence-corrected chi connectivity index (χ1v) is 9.25. The summed E-state index contributed by atoms with van der Waals surface area (Å²) in [6.45, 7) is 1.80. The van der Waals surface area contributed by atoms with Crippen LogP contribution in [-0.4, -0.2) is 28.2 Å². The lowest BCUT2D eigenvalue weighted by Crippen LogP contribution is -2.21. The number of amides is 1. The van der Waals surface area contributed by atoms with E-state index in [1.807, 2.05) is 6.92 Å². The summed E-state index contributed by atoms with van der Waals surface area (Å²) >= 11 is 1.05. The van der Waals surface area contributed by atoms with E-state index in [9.17, 15) is 27.9 Å². The van der Waals surface area contributed by atoms with Crippen LogP contribution in [0.15, 0.2) is 47.5 Å². The Balaban J connectivity index is 2.10. The van der Waals surface area contributed by atoms with E-state index in [2.05, 4.69) is 4.99 Å². The summed E-state index contributed by atoms with van der Waals surface area (Å²) < 4.78 is 46.0. The van der Waals surface area contributed by atoms with Gasteiger partial charge in [-0.3, -0.25) is 9.59 Å². The summed E-state index contributed by atoms with van der Waals surface area (Å²) in [6.07, 6.45) is -4.59. The van der Waals surface area contributed by atoms with Gasteiger partial charge in [0.05, 0.1) is 22.4 Å². The van der Waals surface area contributed by atoms with Crippen LogP contribution in [0, 0.1) is 0 Å². The van der Waals surface area contributed by atoms with E-state index in [4.69, 9.17) is 4.74 Å². The molecule has 3 rings (SSSR count). The van der Waals surface area contributed by atoms with Crippen molar-refractivity contribution in [2.75, 3.05) is 6.61 Å². The number of rotatable bonds is 5. The Morgan fingerprint density at radius 2 is 1.97 bits per heavy atom. The standard InChI is InChI=1S/C19H15F3N2O4S/c1-2-28-13-6-7-14-15(9-13)29-18(24(14)10-16(25)26)23-17(27)11-4-3-5-12(8-11)19(20,21)22/h3-9H,2,10H2,1H3,(H,25,26). The Labute approximate surface area is 166 Å². The minimum Gasteiger partial charge on any atom is -0.494 e. The van der Waals surface area contributed by atoms with Crippen molar-refractivity contribution < 1.29 is 32.6 Å². The fraction of sp³-hybridized carbons (Fsp3) is 0.211. The highest BCUT2D eigenvalue weighted by Gasteiger charge is 2.30. The summed E-state index contributed by atoms with van der Waals surface area (Å²) in [5.41, 5.74) is -0.680. The minimum absolute atomic E-state index is 0.0680. The molecule has 0 fully saturated rings. The van der Waals surface area contributed by atoms with Crippen molar-refractivity contribution in [3.63, 3.8) is 0 Å². The molecule has 0 atom stereocenters. The summed E-state index contributed by atoms with van der Waals surface area (Å²) in [7, 11) is 0. The highest BCUT2D eigenvalue weighted by Crippen LogP contribution is 2.29. The quantitative estimate of drug-likeness (QED) is 0.673. The predicted octanol–water partition coefficient (Wildman–Crippen LogP) is 3.95. The monoisotopic (exact) mass is 424 g/mol. The first-order chi connectivity index (χ1) is 13.7. The van der Waals surface area contributed by atoms with Crippen molar-refractivity contribution in [2.24, 2.45) is 4.99 Å². The van der Waals surface area contributed by atoms with Crippen molar-refractivity contribution in [3.05, 3.63) is 58.4 Å². The molecule has 10 heteroatoms. The molecule has 29 heavy (non-hydrogen) atoms. The second-order valence-electron chi connectivity index (χ2n) is 5.92. The van der Waals surface area contributed by atoms with Crippen LogP contribution in [0.25, 0.3) is 10.2 Å². The van der Waals surface area contributed by atoms with Gasteiger partial charge in [0.25, 0.3) is 5.91 Å². The number of halogens is 3. The second-order valence-corrected chi connectivity index (χ2v) is 6.93. The predicted molar refractivity (Wildman–Crippen MR) is 100.0 cm³/mol. The molecule has 1 heterocycles. The molecule has 0 radical (unpaired) electrons. The third-order valence-electron chi connectivity index (χ3n) is 3.89. The van der Waals surface area contributed by atoms with Gasteiger partial charge in [0.1, 0.15) is 12.3 Å². The molecule has 1 aromatic heterocycles. The van der Waals surface area contributed by atoms with E-state index in [-0.39, 0.29) is 10.4 Å². The van der Waals surface area contributed by atoms with Crippen LogP contribution in [0.4, 0.5) is 13.2 Å². The number of ether oxygens (including phenoxy) is 1. The molecule has 0 spiro atoms. The number of hydrogen-bond donors (Lipinski definition) is 1. The van der Waals surface area contributed by atoms with Gasteiger partial charge in [0.15, 0.2) is 4.80 Å². The Bertz CT molecular complexity index is 1150. The lowest BCUT2D eigenvalue weighted by molar-refractivity contribution is -0.138. The highest BCUT2D eigenvalue weighted by molar-refractivity contribution is 7.16. The number of carbonyl (C=O) groups excluding carboxylic acids is 1. The van der Waals surface area contributed by atoms with Gasteiger partial charge in [0.2, 0.25) is 0 Å². The maximum atomic E-state index is 12.9. The number of hydrogen-bond acceptors (Lipinski definition) is 4. The molecular formula is C19H15F3N2O4S. The first kappa shape index (κ1) is 20.6. The SMILES string of the molecule is CCOc1ccc2c(c1)sc(=NC(=O)c1cccc(C(F)(F)F)c1)n2CC(=O)O. The van der Waals surface area contributed by atoms with Crippen LogP contribution < -0.4 is 9.54 Å². The summed E-state index contributed by atoms with van der Waals surface area (Å²) in [6, 6.07) is 8.92. The lowest BCUT2D eigenvalue weighted by atomic mass is 10.1. The van der Waals surface area contributed by atoms with Crippen LogP contribution in [0.1, 0.15) is 22.8 Å². The second kappa shape index (κ2) is 8.08. The molecule has 0 aliphatic heterocycles. The fourth-order valence-corrected chi connectivity index (χ4v) is 3.72. The van der Waals surface area contributed by atoms with Gasteiger partial charge >= 0.3 is 12.1 Å². The number of thiazole rings is 1. The van der Waals surface area contributed by atoms with Crippen LogP contribution >= 0.6 is 11.3 Å². The number of nitrogens with zero attached hydrogens (tertiary/aromatic N) is 2. The smallest absolute Gasteiger partial charge is 0.416 e. The van der Waals surface area contributed by atoms with Crippen LogP contribution in [-0.2, 0) is 17.5 Å². The molecule has 0 bridgehead atoms. The average Bonchev–Trinajstić information content (AvgIpc) is 2.97. The number of carboxylic acids is 1. The van der Waals surface area contributed by atoms with Crippen LogP contribution in [0.2, 0.25) is 0 Å². The Morgan fingerprint density at radius 1 is 1.21 bits per heavy atom. The van der Waals surface area contributed by atoms with E-state index in [0.717, 1.165) is 23.5 Å². The van der Waals surface area contributed by atoms with Gasteiger partial charge in [-0.2, -0.15) is 18.2 Å². The first-order valence-electron chi connectivity index (χ1n) is 8.43. The zero-order valence-electron chi connectivity index (χ0n) is 15.1. The number of fused-ring (bicyclic) bond motifs is 1. The Hall–Kier alpha value is -3.14. The van der Waals surface area contributed by atoms with Gasteiger partial charge in [0, 0.05) is 5.56 Å². The van der Waals surface area contributed by atoms with Gasteiger partial charge in [-0.15, -0.1) is 0 Å². The zero-order valence-corrected chi connectivity index (χ0v) is 15.9. The molecule has 152 valence electrons. The molecule has 1 amide bonds. The fourth-order valence-electron chi connectivity index (χ4n) is 2.66. The zero-order chi connectivity index (χ0) is 21.2. The maximum Gasteiger partial charge on any atom is 0.416 e. The molecule has 2 aromatic carbocycles. The topological polar surface area (TPSA) is 80.9 Å². The Morgan fingerprint density at radius 3 is 2.62 bits per heavy atom. The minimum atomic E-state index is -4.59. The molecule has 1 N–H and O–H groups in total. The number of benzene rings is 2. The molecule has 6 nitrogen and oxygen atoms in total. The number of carboxylic acid groups (broad SMARTS) is 1. The molecule has 0 aliphatic rings. The van der Waals surface area contributed by atoms with Crippen molar-refractivity contribution in [3.8, 4) is 5.75 Å². The normalized spacial score (nSPS) is 12.3. The third-order valence-corrected chi connectivity index (χ3v) is 4.93. The number of aliphatic carboxylic acids is 1. The molecule has 0 saturated heterocycles. The maximum absolute atomic E-state index is 12.9. The van der Waals surface area contributed by atoms with Crippen molar-refractivity contribution >= 4 is 33.4 Å². The highest BCUT2D eigenvalue weighted by atomic mass is 32.1. The van der Waals surface area contributed by atoms with Crippen LogP contribution in [0.5, 0.6) is 5.75 Å². The van der Waals surface area contributed by atoms with Crippen LogP contribution in [0.3, 0.4) is 0 Å². The van der Waals surface area contributed by atoms with E-state index in [1.165, 1.54) is 10.6 Å². The van der Waals surface area contributed by atoms with Gasteiger partial charge in [-0.25, -0.2) is 0 Å². The van der Waals surface area contributed by atoms with E-state index >= 15 is 0 Å². The Kier molecular flexibility index (Phi) is 5.73. The van der Waals surface area contributed by atoms with E-state index in [0.29, 0.717) is 28.6 Å². The number of alkyl halides is 3.